The fourth-order valence-corrected chi connectivity index (χ4v) is 2.02. The van der Waals surface area contributed by atoms with Gasteiger partial charge in [0.05, 0.1) is 6.10 Å². The summed E-state index contributed by atoms with van der Waals surface area (Å²) in [5.74, 6) is 0.480. The molecule has 0 aliphatic heterocycles. The van der Waals surface area contributed by atoms with E-state index in [-0.39, 0.29) is 11.5 Å². The van der Waals surface area contributed by atoms with Crippen molar-refractivity contribution in [2.24, 2.45) is 11.3 Å². The van der Waals surface area contributed by atoms with Crippen molar-refractivity contribution in [1.29, 1.82) is 0 Å². The van der Waals surface area contributed by atoms with Crippen molar-refractivity contribution in [2.75, 3.05) is 0 Å². The van der Waals surface area contributed by atoms with Gasteiger partial charge in [0.2, 0.25) is 0 Å². The minimum Gasteiger partial charge on any atom is -0.393 e. The van der Waals surface area contributed by atoms with Crippen LogP contribution in [0.15, 0.2) is 12.2 Å². The van der Waals surface area contributed by atoms with Crippen LogP contribution in [0.25, 0.3) is 0 Å². The molecule has 0 saturated heterocycles. The van der Waals surface area contributed by atoms with E-state index in [0.29, 0.717) is 5.92 Å². The highest BCUT2D eigenvalue weighted by molar-refractivity contribution is 5.14. The molecule has 1 aliphatic carbocycles. The van der Waals surface area contributed by atoms with Crippen LogP contribution in [0.4, 0.5) is 0 Å². The van der Waals surface area contributed by atoms with Crippen molar-refractivity contribution >= 4 is 0 Å². The lowest BCUT2D eigenvalue weighted by Crippen LogP contribution is -2.32. The first-order chi connectivity index (χ1) is 4.93. The standard InChI is InChI=1S/C10H18O/c1-7-5-9(11)6-10(3,4)8(7)2/h7,9,11H,2,5-6H2,1,3-4H3. The van der Waals surface area contributed by atoms with Crippen LogP contribution < -0.4 is 0 Å². The molecule has 64 valence electrons. The van der Waals surface area contributed by atoms with Crippen molar-refractivity contribution in [3.8, 4) is 0 Å². The molecule has 0 aromatic heterocycles. The highest BCUT2D eigenvalue weighted by Crippen LogP contribution is 2.42. The van der Waals surface area contributed by atoms with Crippen molar-refractivity contribution in [3.05, 3.63) is 12.2 Å². The van der Waals surface area contributed by atoms with E-state index >= 15 is 0 Å². The maximum Gasteiger partial charge on any atom is 0.0554 e. The number of hydrogen-bond acceptors (Lipinski definition) is 1. The van der Waals surface area contributed by atoms with Gasteiger partial charge in [0.25, 0.3) is 0 Å². The summed E-state index contributed by atoms with van der Waals surface area (Å²) >= 11 is 0. The highest BCUT2D eigenvalue weighted by Gasteiger charge is 2.34. The molecule has 0 aromatic carbocycles. The lowest BCUT2D eigenvalue weighted by atomic mass is 9.68. The van der Waals surface area contributed by atoms with Crippen LogP contribution in [-0.4, -0.2) is 11.2 Å². The van der Waals surface area contributed by atoms with Crippen molar-refractivity contribution in [1.82, 2.24) is 0 Å². The van der Waals surface area contributed by atoms with Crippen LogP contribution in [0.5, 0.6) is 0 Å². The highest BCUT2D eigenvalue weighted by atomic mass is 16.3. The van der Waals surface area contributed by atoms with Crippen LogP contribution in [-0.2, 0) is 0 Å². The SMILES string of the molecule is C=C1C(C)CC(O)CC1(C)C. The smallest absolute Gasteiger partial charge is 0.0554 e. The normalized spacial score (nSPS) is 37.3. The fourth-order valence-electron chi connectivity index (χ4n) is 2.02. The van der Waals surface area contributed by atoms with Gasteiger partial charge < -0.3 is 5.11 Å². The lowest BCUT2D eigenvalue weighted by Gasteiger charge is -2.39. The van der Waals surface area contributed by atoms with Gasteiger partial charge in [-0.25, -0.2) is 0 Å². The summed E-state index contributed by atoms with van der Waals surface area (Å²) in [6.07, 6.45) is 1.64. The molecule has 1 rings (SSSR count). The molecule has 0 radical (unpaired) electrons. The van der Waals surface area contributed by atoms with E-state index in [9.17, 15) is 5.11 Å². The van der Waals surface area contributed by atoms with Crippen molar-refractivity contribution in [3.63, 3.8) is 0 Å². The molecule has 1 saturated carbocycles. The fraction of sp³-hybridized carbons (Fsp3) is 0.800. The van der Waals surface area contributed by atoms with Crippen LogP contribution >= 0.6 is 0 Å². The molecule has 0 spiro atoms. The number of rotatable bonds is 0. The second-order valence-electron chi connectivity index (χ2n) is 4.40. The third kappa shape index (κ3) is 1.64. The molecule has 2 atom stereocenters. The summed E-state index contributed by atoms with van der Waals surface area (Å²) in [5, 5.41) is 9.49. The zero-order valence-corrected chi connectivity index (χ0v) is 7.72. The van der Waals surface area contributed by atoms with Gasteiger partial charge in [0.15, 0.2) is 0 Å². The first-order valence-corrected chi connectivity index (χ1v) is 4.31. The first-order valence-electron chi connectivity index (χ1n) is 4.31. The summed E-state index contributed by atoms with van der Waals surface area (Å²) in [7, 11) is 0. The average molecular weight is 154 g/mol. The van der Waals surface area contributed by atoms with Gasteiger partial charge in [0, 0.05) is 0 Å². The molecule has 1 nitrogen and oxygen atoms in total. The van der Waals surface area contributed by atoms with Crippen LogP contribution in [0, 0.1) is 11.3 Å². The molecule has 1 N–H and O–H groups in total. The van der Waals surface area contributed by atoms with E-state index < -0.39 is 0 Å². The van der Waals surface area contributed by atoms with E-state index in [1.54, 1.807) is 0 Å². The Morgan fingerprint density at radius 3 is 2.55 bits per heavy atom. The van der Waals surface area contributed by atoms with Gasteiger partial charge in [0.1, 0.15) is 0 Å². The second kappa shape index (κ2) is 2.63. The molecule has 1 fully saturated rings. The van der Waals surface area contributed by atoms with Gasteiger partial charge in [-0.1, -0.05) is 32.9 Å². The van der Waals surface area contributed by atoms with Gasteiger partial charge in [-0.15, -0.1) is 0 Å². The van der Waals surface area contributed by atoms with Crippen molar-refractivity contribution in [2.45, 2.75) is 39.7 Å². The maximum atomic E-state index is 9.49. The lowest BCUT2D eigenvalue weighted by molar-refractivity contribution is 0.0773. The second-order valence-corrected chi connectivity index (χ2v) is 4.40. The molecule has 0 heterocycles. The first kappa shape index (κ1) is 8.79. The predicted molar refractivity (Wildman–Crippen MR) is 47.3 cm³/mol. The topological polar surface area (TPSA) is 20.2 Å². The Bertz CT molecular complexity index is 170. The van der Waals surface area contributed by atoms with Gasteiger partial charge >= 0.3 is 0 Å². The molecule has 0 amide bonds. The van der Waals surface area contributed by atoms with Crippen LogP contribution in [0.3, 0.4) is 0 Å². The quantitative estimate of drug-likeness (QED) is 0.531. The molecule has 11 heavy (non-hydrogen) atoms. The molecular weight excluding hydrogens is 136 g/mol. The Morgan fingerprint density at radius 1 is 1.55 bits per heavy atom. The summed E-state index contributed by atoms with van der Waals surface area (Å²) in [4.78, 5) is 0. The van der Waals surface area contributed by atoms with Crippen LogP contribution in [0.2, 0.25) is 0 Å². The number of allylic oxidation sites excluding steroid dienone is 1. The Balaban J connectivity index is 2.75. The summed E-state index contributed by atoms with van der Waals surface area (Å²) < 4.78 is 0. The average Bonchev–Trinajstić information content (AvgIpc) is 1.81. The van der Waals surface area contributed by atoms with E-state index in [4.69, 9.17) is 0 Å². The van der Waals surface area contributed by atoms with E-state index in [2.05, 4.69) is 27.4 Å². The van der Waals surface area contributed by atoms with Crippen LogP contribution in [0.1, 0.15) is 33.6 Å². The monoisotopic (exact) mass is 154 g/mol. The van der Waals surface area contributed by atoms with E-state index in [0.717, 1.165) is 12.8 Å². The minimum absolute atomic E-state index is 0.120. The molecule has 0 aromatic rings. The van der Waals surface area contributed by atoms with E-state index in [1.165, 1.54) is 5.57 Å². The van der Waals surface area contributed by atoms with Gasteiger partial charge in [-0.05, 0) is 24.2 Å². The largest absolute Gasteiger partial charge is 0.393 e. The summed E-state index contributed by atoms with van der Waals surface area (Å²) in [6.45, 7) is 10.5. The minimum atomic E-state index is -0.120. The molecule has 0 bridgehead atoms. The number of aliphatic hydroxyl groups is 1. The molecule has 2 unspecified atom stereocenters. The van der Waals surface area contributed by atoms with E-state index in [1.807, 2.05) is 0 Å². The zero-order valence-electron chi connectivity index (χ0n) is 7.72. The Morgan fingerprint density at radius 2 is 2.09 bits per heavy atom. The van der Waals surface area contributed by atoms with Crippen molar-refractivity contribution < 1.29 is 5.11 Å². The predicted octanol–water partition coefficient (Wildman–Crippen LogP) is 2.36. The maximum absolute atomic E-state index is 9.49. The Hall–Kier alpha value is -0.300. The summed E-state index contributed by atoms with van der Waals surface area (Å²) in [6, 6.07) is 0. The molecule has 1 heteroatoms. The Labute approximate surface area is 69.1 Å². The van der Waals surface area contributed by atoms with Gasteiger partial charge in [-0.2, -0.15) is 0 Å². The number of aliphatic hydroxyl groups excluding tert-OH is 1. The molecule has 1 aliphatic rings. The Kier molecular flexibility index (Phi) is 2.10. The molecular formula is C10H18O. The number of hydrogen-bond donors (Lipinski definition) is 1. The van der Waals surface area contributed by atoms with Gasteiger partial charge in [-0.3, -0.25) is 0 Å². The summed E-state index contributed by atoms with van der Waals surface area (Å²) in [5.41, 5.74) is 1.43. The third-order valence-corrected chi connectivity index (χ3v) is 2.84. The third-order valence-electron chi connectivity index (χ3n) is 2.84. The zero-order chi connectivity index (χ0) is 8.65.